The highest BCUT2D eigenvalue weighted by Gasteiger charge is 2.19. The Morgan fingerprint density at radius 1 is 1.75 bits per heavy atom. The van der Waals surface area contributed by atoms with Gasteiger partial charge in [-0.05, 0) is 6.42 Å². The SMILES string of the molecule is N[C@H]1CCSC1=O.[Cl]. The third-order valence-corrected chi connectivity index (χ3v) is 2.00. The van der Waals surface area contributed by atoms with Gasteiger partial charge in [-0.3, -0.25) is 4.79 Å². The molecule has 0 spiro atoms. The van der Waals surface area contributed by atoms with Gasteiger partial charge in [-0.1, -0.05) is 11.8 Å². The standard InChI is InChI=1S/C4H7NOS.Cl/c5-3-1-2-7-4(3)6;/h3H,1-2,5H2;/t3-;/m0./s1. The summed E-state index contributed by atoms with van der Waals surface area (Å²) in [5.41, 5.74) is 5.31. The Morgan fingerprint density at radius 3 is 2.50 bits per heavy atom. The quantitative estimate of drug-likeness (QED) is 0.555. The highest BCUT2D eigenvalue weighted by molar-refractivity contribution is 8.14. The Balaban J connectivity index is 0.000000490. The number of carbonyl (C=O) groups excluding carboxylic acids is 1. The predicted molar refractivity (Wildman–Crippen MR) is 35.9 cm³/mol. The third kappa shape index (κ3) is 1.65. The minimum absolute atomic E-state index is 0. The van der Waals surface area contributed by atoms with Gasteiger partial charge in [-0.2, -0.15) is 0 Å². The predicted octanol–water partition coefficient (Wildman–Crippen LogP) is 0.667. The molecule has 1 saturated heterocycles. The van der Waals surface area contributed by atoms with Crippen LogP contribution >= 0.6 is 24.2 Å². The van der Waals surface area contributed by atoms with Gasteiger partial charge in [0.15, 0.2) is 0 Å². The first kappa shape index (κ1) is 8.27. The second-order valence-corrected chi connectivity index (χ2v) is 2.66. The molecule has 0 aromatic carbocycles. The van der Waals surface area contributed by atoms with E-state index in [0.717, 1.165) is 12.2 Å². The molecule has 2 nitrogen and oxygen atoms in total. The fourth-order valence-electron chi connectivity index (χ4n) is 0.511. The molecule has 1 radical (unpaired) electrons. The van der Waals surface area contributed by atoms with Crippen LogP contribution in [0.1, 0.15) is 6.42 Å². The minimum Gasteiger partial charge on any atom is -0.321 e. The fraction of sp³-hybridized carbons (Fsp3) is 0.750. The monoisotopic (exact) mass is 152 g/mol. The molecular formula is C4H7ClNOS. The lowest BCUT2D eigenvalue weighted by Gasteiger charge is -1.90. The summed E-state index contributed by atoms with van der Waals surface area (Å²) in [6, 6.07) is -0.162. The first-order valence-corrected chi connectivity index (χ1v) is 3.21. The minimum atomic E-state index is -0.162. The summed E-state index contributed by atoms with van der Waals surface area (Å²) in [6.07, 6.45) is 0.865. The maximum absolute atomic E-state index is 10.4. The van der Waals surface area contributed by atoms with Crippen LogP contribution in [0.3, 0.4) is 0 Å². The maximum Gasteiger partial charge on any atom is 0.205 e. The van der Waals surface area contributed by atoms with E-state index < -0.39 is 0 Å². The number of halogens is 1. The number of thioether (sulfide) groups is 1. The van der Waals surface area contributed by atoms with Gasteiger partial charge in [-0.25, -0.2) is 0 Å². The number of carbonyl (C=O) groups is 1. The lowest BCUT2D eigenvalue weighted by Crippen LogP contribution is -2.22. The van der Waals surface area contributed by atoms with Crippen molar-refractivity contribution < 1.29 is 4.79 Å². The summed E-state index contributed by atoms with van der Waals surface area (Å²) >= 11 is 1.34. The zero-order valence-corrected chi connectivity index (χ0v) is 5.84. The number of hydrogen-bond donors (Lipinski definition) is 1. The third-order valence-electron chi connectivity index (χ3n) is 0.976. The van der Waals surface area contributed by atoms with Crippen molar-refractivity contribution >= 4 is 29.3 Å². The molecule has 8 heavy (non-hydrogen) atoms. The van der Waals surface area contributed by atoms with Crippen LogP contribution in [0.15, 0.2) is 0 Å². The lowest BCUT2D eigenvalue weighted by atomic mass is 10.3. The van der Waals surface area contributed by atoms with E-state index >= 15 is 0 Å². The van der Waals surface area contributed by atoms with Crippen LogP contribution in [-0.4, -0.2) is 16.9 Å². The van der Waals surface area contributed by atoms with Gasteiger partial charge in [0.05, 0.1) is 6.04 Å². The van der Waals surface area contributed by atoms with Gasteiger partial charge < -0.3 is 5.73 Å². The van der Waals surface area contributed by atoms with Gasteiger partial charge in [0.1, 0.15) is 0 Å². The molecule has 1 aliphatic rings. The normalized spacial score (nSPS) is 27.6. The Bertz CT molecular complexity index is 98.0. The van der Waals surface area contributed by atoms with E-state index in [1.54, 1.807) is 0 Å². The molecule has 1 atom stereocenters. The van der Waals surface area contributed by atoms with Gasteiger partial charge in [-0.15, -0.1) is 0 Å². The number of rotatable bonds is 0. The van der Waals surface area contributed by atoms with E-state index in [0.29, 0.717) is 0 Å². The van der Waals surface area contributed by atoms with E-state index in [1.807, 2.05) is 0 Å². The zero-order chi connectivity index (χ0) is 5.28. The van der Waals surface area contributed by atoms with Crippen LogP contribution in [0.25, 0.3) is 0 Å². The Labute approximate surface area is 58.6 Å². The summed E-state index contributed by atoms with van der Waals surface area (Å²) in [4.78, 5) is 10.4. The maximum atomic E-state index is 10.4. The van der Waals surface area contributed by atoms with Crippen molar-refractivity contribution in [3.8, 4) is 0 Å². The van der Waals surface area contributed by atoms with E-state index in [9.17, 15) is 4.79 Å². The molecule has 0 bridgehead atoms. The first-order valence-electron chi connectivity index (χ1n) is 2.23. The van der Waals surface area contributed by atoms with Gasteiger partial charge >= 0.3 is 0 Å². The van der Waals surface area contributed by atoms with Crippen LogP contribution in [0.5, 0.6) is 0 Å². The van der Waals surface area contributed by atoms with E-state index in [2.05, 4.69) is 0 Å². The summed E-state index contributed by atoms with van der Waals surface area (Å²) < 4.78 is 0. The molecule has 0 aromatic rings. The molecule has 1 rings (SSSR count). The Morgan fingerprint density at radius 2 is 2.38 bits per heavy atom. The number of hydrogen-bond acceptors (Lipinski definition) is 3. The Hall–Kier alpha value is 0.270. The molecule has 0 unspecified atom stereocenters. The van der Waals surface area contributed by atoms with Gasteiger partial charge in [0.25, 0.3) is 0 Å². The molecule has 1 heterocycles. The molecule has 1 aliphatic heterocycles. The highest BCUT2D eigenvalue weighted by Crippen LogP contribution is 2.16. The molecule has 0 aliphatic carbocycles. The summed E-state index contributed by atoms with van der Waals surface area (Å²) in [5, 5.41) is 0.153. The molecule has 4 heteroatoms. The van der Waals surface area contributed by atoms with Crippen LogP contribution in [-0.2, 0) is 4.79 Å². The molecule has 2 N–H and O–H groups in total. The molecule has 0 amide bonds. The van der Waals surface area contributed by atoms with Crippen LogP contribution in [0.2, 0.25) is 0 Å². The van der Waals surface area contributed by atoms with Crippen LogP contribution in [0, 0.1) is 0 Å². The van der Waals surface area contributed by atoms with E-state index in [-0.39, 0.29) is 23.6 Å². The Kier molecular flexibility index (Phi) is 3.44. The smallest absolute Gasteiger partial charge is 0.205 e. The summed E-state index contributed by atoms with van der Waals surface area (Å²) in [5.74, 6) is 0.917. The van der Waals surface area contributed by atoms with E-state index in [4.69, 9.17) is 5.73 Å². The van der Waals surface area contributed by atoms with Crippen molar-refractivity contribution in [3.05, 3.63) is 0 Å². The zero-order valence-electron chi connectivity index (χ0n) is 4.26. The van der Waals surface area contributed by atoms with Crippen molar-refractivity contribution in [1.29, 1.82) is 0 Å². The van der Waals surface area contributed by atoms with Gasteiger partial charge in [0.2, 0.25) is 5.12 Å². The van der Waals surface area contributed by atoms with E-state index in [1.165, 1.54) is 11.8 Å². The first-order chi connectivity index (χ1) is 3.30. The van der Waals surface area contributed by atoms with Crippen LogP contribution in [0.4, 0.5) is 0 Å². The summed E-state index contributed by atoms with van der Waals surface area (Å²) in [7, 11) is 0. The average molecular weight is 153 g/mol. The van der Waals surface area contributed by atoms with Crippen molar-refractivity contribution in [3.63, 3.8) is 0 Å². The second-order valence-electron chi connectivity index (χ2n) is 1.56. The average Bonchev–Trinajstić information content (AvgIpc) is 1.91. The molecule has 47 valence electrons. The summed E-state index contributed by atoms with van der Waals surface area (Å²) in [6.45, 7) is 0. The highest BCUT2D eigenvalue weighted by atomic mass is 35.5. The number of nitrogens with two attached hydrogens (primary N) is 1. The fourth-order valence-corrected chi connectivity index (χ4v) is 1.42. The van der Waals surface area contributed by atoms with Crippen molar-refractivity contribution in [2.45, 2.75) is 12.5 Å². The lowest BCUT2D eigenvalue weighted by molar-refractivity contribution is -0.111. The van der Waals surface area contributed by atoms with Gasteiger partial charge in [0, 0.05) is 18.2 Å². The largest absolute Gasteiger partial charge is 0.321 e. The molecule has 0 aromatic heterocycles. The molecular weight excluding hydrogens is 146 g/mol. The van der Waals surface area contributed by atoms with Crippen LogP contribution < -0.4 is 5.73 Å². The topological polar surface area (TPSA) is 43.1 Å². The second kappa shape index (κ2) is 3.33. The van der Waals surface area contributed by atoms with Crippen molar-refractivity contribution in [1.82, 2.24) is 0 Å². The molecule has 1 fully saturated rings. The molecule has 0 saturated carbocycles. The van der Waals surface area contributed by atoms with Crippen molar-refractivity contribution in [2.75, 3.05) is 5.75 Å². The van der Waals surface area contributed by atoms with Crippen molar-refractivity contribution in [2.24, 2.45) is 5.73 Å².